The number of hydrogen-bond donors (Lipinski definition) is 1. The fourth-order valence-corrected chi connectivity index (χ4v) is 6.92. The van der Waals surface area contributed by atoms with E-state index in [1.54, 1.807) is 4.90 Å². The van der Waals surface area contributed by atoms with Crippen molar-refractivity contribution in [1.29, 1.82) is 0 Å². The van der Waals surface area contributed by atoms with Gasteiger partial charge in [-0.2, -0.15) is 18.2 Å². The summed E-state index contributed by atoms with van der Waals surface area (Å²) in [5.41, 5.74) is -2.66. The summed E-state index contributed by atoms with van der Waals surface area (Å²) in [6.07, 6.45) is -5.52. The van der Waals surface area contributed by atoms with Crippen molar-refractivity contribution >= 4 is 40.1 Å². The summed E-state index contributed by atoms with van der Waals surface area (Å²) in [5, 5.41) is 2.94. The number of anilines is 1. The number of hydrogen-bond acceptors (Lipinski definition) is 7. The van der Waals surface area contributed by atoms with Crippen LogP contribution in [0.3, 0.4) is 0 Å². The average Bonchev–Trinajstić information content (AvgIpc) is 3.08. The maximum absolute atomic E-state index is 15.2. The van der Waals surface area contributed by atoms with Gasteiger partial charge in [-0.25, -0.2) is 13.6 Å². The standard InChI is InChI=1S/C27H28ClF5N4O3S/c1-13-9-36(10-14(2)34-13)25-17-6-18(27(31,32)33)22(16-7-19(28)21(30)8-20(16)29)24-23(17)37(26(38)35-25)11-15(12-41-24)40-5-4-39-3/h6-8,13-15,34H,4-5,9-12H2,1-3H3. The molecule has 3 unspecified atom stereocenters. The van der Waals surface area contributed by atoms with Gasteiger partial charge in [0.15, 0.2) is 0 Å². The smallest absolute Gasteiger partial charge is 0.382 e. The Hall–Kier alpha value is -2.45. The topological polar surface area (TPSA) is 68.6 Å². The molecule has 2 aliphatic rings. The molecule has 1 aromatic heterocycles. The molecular weight excluding hydrogens is 591 g/mol. The van der Waals surface area contributed by atoms with Crippen LogP contribution in [0.25, 0.3) is 22.0 Å². The minimum Gasteiger partial charge on any atom is -0.382 e. The Labute approximate surface area is 242 Å². The third-order valence-electron chi connectivity index (χ3n) is 7.08. The second kappa shape index (κ2) is 11.7. The van der Waals surface area contributed by atoms with Gasteiger partial charge in [0.1, 0.15) is 17.5 Å². The summed E-state index contributed by atoms with van der Waals surface area (Å²) in [6, 6.07) is 2.19. The number of halogens is 6. The zero-order valence-corrected chi connectivity index (χ0v) is 24.0. The number of nitrogens with one attached hydrogen (secondary N) is 1. The Bertz CT molecular complexity index is 1530. The summed E-state index contributed by atoms with van der Waals surface area (Å²) in [4.78, 5) is 19.7. The van der Waals surface area contributed by atoms with Gasteiger partial charge in [0.2, 0.25) is 0 Å². The van der Waals surface area contributed by atoms with E-state index in [9.17, 15) is 22.4 Å². The molecule has 0 saturated carbocycles. The summed E-state index contributed by atoms with van der Waals surface area (Å²) in [5.74, 6) is -2.03. The van der Waals surface area contributed by atoms with E-state index >= 15 is 4.39 Å². The Kier molecular flexibility index (Phi) is 8.55. The van der Waals surface area contributed by atoms with E-state index in [0.717, 1.165) is 23.9 Å². The van der Waals surface area contributed by atoms with Gasteiger partial charge in [-0.05, 0) is 26.0 Å². The van der Waals surface area contributed by atoms with Crippen molar-refractivity contribution < 1.29 is 31.4 Å². The van der Waals surface area contributed by atoms with Gasteiger partial charge >= 0.3 is 11.9 Å². The molecule has 1 N–H and O–H groups in total. The molecule has 0 spiro atoms. The highest BCUT2D eigenvalue weighted by molar-refractivity contribution is 7.99. The van der Waals surface area contributed by atoms with Crippen LogP contribution in [0.4, 0.5) is 27.8 Å². The lowest BCUT2D eigenvalue weighted by Crippen LogP contribution is -2.55. The first-order valence-corrected chi connectivity index (χ1v) is 14.3. The van der Waals surface area contributed by atoms with Crippen molar-refractivity contribution in [1.82, 2.24) is 14.9 Å². The van der Waals surface area contributed by atoms with E-state index in [4.69, 9.17) is 21.1 Å². The molecule has 2 aromatic carbocycles. The maximum Gasteiger partial charge on any atom is 0.417 e. The number of ether oxygens (including phenoxy) is 2. The monoisotopic (exact) mass is 618 g/mol. The Morgan fingerprint density at radius 2 is 1.80 bits per heavy atom. The van der Waals surface area contributed by atoms with Crippen LogP contribution >= 0.6 is 23.4 Å². The zero-order chi connectivity index (χ0) is 29.6. The second-order valence-electron chi connectivity index (χ2n) is 10.3. The van der Waals surface area contributed by atoms with Gasteiger partial charge in [0.25, 0.3) is 0 Å². The lowest BCUT2D eigenvalue weighted by molar-refractivity contribution is -0.137. The van der Waals surface area contributed by atoms with Gasteiger partial charge in [0, 0.05) is 65.5 Å². The molecule has 1 fully saturated rings. The number of rotatable bonds is 6. The lowest BCUT2D eigenvalue weighted by atomic mass is 9.95. The van der Waals surface area contributed by atoms with Crippen LogP contribution < -0.4 is 15.9 Å². The van der Waals surface area contributed by atoms with Crippen LogP contribution in [0.15, 0.2) is 27.9 Å². The van der Waals surface area contributed by atoms with Crippen LogP contribution in [0.2, 0.25) is 5.02 Å². The molecule has 0 aliphatic carbocycles. The second-order valence-corrected chi connectivity index (χ2v) is 11.7. The summed E-state index contributed by atoms with van der Waals surface area (Å²) in [6.45, 7) is 5.17. The molecule has 14 heteroatoms. The highest BCUT2D eigenvalue weighted by Crippen LogP contribution is 2.49. The Morgan fingerprint density at radius 1 is 1.10 bits per heavy atom. The highest BCUT2D eigenvalue weighted by atomic mass is 35.5. The van der Waals surface area contributed by atoms with Gasteiger partial charge in [0.05, 0.1) is 42.0 Å². The number of aromatic nitrogens is 2. The lowest BCUT2D eigenvalue weighted by Gasteiger charge is -2.37. The molecule has 0 bridgehead atoms. The van der Waals surface area contributed by atoms with Gasteiger partial charge in [-0.3, -0.25) is 4.57 Å². The fraction of sp³-hybridized carbons (Fsp3) is 0.481. The molecule has 3 aromatic rings. The highest BCUT2D eigenvalue weighted by Gasteiger charge is 2.39. The summed E-state index contributed by atoms with van der Waals surface area (Å²) < 4.78 is 85.8. The van der Waals surface area contributed by atoms with Crippen LogP contribution in [-0.4, -0.2) is 66.9 Å². The predicted molar refractivity (Wildman–Crippen MR) is 148 cm³/mol. The summed E-state index contributed by atoms with van der Waals surface area (Å²) >= 11 is 6.94. The number of methoxy groups -OCH3 is 1. The predicted octanol–water partition coefficient (Wildman–Crippen LogP) is 5.34. The van der Waals surface area contributed by atoms with Crippen molar-refractivity contribution in [2.24, 2.45) is 0 Å². The van der Waals surface area contributed by atoms with Crippen LogP contribution in [0.1, 0.15) is 19.4 Å². The van der Waals surface area contributed by atoms with Gasteiger partial charge in [-0.15, -0.1) is 11.8 Å². The van der Waals surface area contributed by atoms with E-state index in [-0.39, 0.29) is 59.2 Å². The number of piperazine rings is 1. The summed E-state index contributed by atoms with van der Waals surface area (Å²) in [7, 11) is 1.50. The van der Waals surface area contributed by atoms with Gasteiger partial charge in [-0.1, -0.05) is 11.6 Å². The molecule has 7 nitrogen and oxygen atoms in total. The first-order valence-electron chi connectivity index (χ1n) is 13.0. The fourth-order valence-electron chi connectivity index (χ4n) is 5.48. The number of benzene rings is 2. The molecule has 222 valence electrons. The minimum atomic E-state index is -4.93. The Balaban J connectivity index is 1.85. The van der Waals surface area contributed by atoms with Crippen LogP contribution in [0.5, 0.6) is 0 Å². The van der Waals surface area contributed by atoms with E-state index in [1.807, 2.05) is 13.8 Å². The molecule has 41 heavy (non-hydrogen) atoms. The number of thioether (sulfide) groups is 1. The number of nitrogens with zero attached hydrogens (tertiary/aromatic N) is 3. The van der Waals surface area contributed by atoms with E-state index in [1.165, 1.54) is 11.7 Å². The third-order valence-corrected chi connectivity index (χ3v) is 8.60. The zero-order valence-electron chi connectivity index (χ0n) is 22.4. The maximum atomic E-state index is 15.2. The molecular formula is C27H28ClF5N4O3S. The molecule has 5 rings (SSSR count). The normalized spacial score (nSPS) is 21.4. The minimum absolute atomic E-state index is 0.0121. The van der Waals surface area contributed by atoms with Crippen molar-refractivity contribution in [3.05, 3.63) is 50.9 Å². The molecule has 0 amide bonds. The SMILES string of the molecule is COCCOC1CSc2c(-c3cc(Cl)c(F)cc3F)c(C(F)(F)F)cc3c(N4CC(C)NC(C)C4)nc(=O)n(c23)C1. The first kappa shape index (κ1) is 30.0. The van der Waals surface area contributed by atoms with Gasteiger partial charge < -0.3 is 19.7 Å². The number of alkyl halides is 3. The third kappa shape index (κ3) is 5.92. The van der Waals surface area contributed by atoms with Crippen LogP contribution in [-0.2, 0) is 22.2 Å². The van der Waals surface area contributed by atoms with Crippen molar-refractivity contribution in [2.45, 2.75) is 49.7 Å². The average molecular weight is 619 g/mol. The van der Waals surface area contributed by atoms with Crippen molar-refractivity contribution in [3.63, 3.8) is 0 Å². The van der Waals surface area contributed by atoms with E-state index in [0.29, 0.717) is 19.2 Å². The molecule has 3 atom stereocenters. The van der Waals surface area contributed by atoms with E-state index < -0.39 is 51.3 Å². The van der Waals surface area contributed by atoms with Crippen molar-refractivity contribution in [2.75, 3.05) is 44.1 Å². The molecule has 1 saturated heterocycles. The molecule has 0 radical (unpaired) electrons. The Morgan fingerprint density at radius 3 is 2.46 bits per heavy atom. The van der Waals surface area contributed by atoms with Crippen molar-refractivity contribution in [3.8, 4) is 11.1 Å². The van der Waals surface area contributed by atoms with Crippen LogP contribution in [0, 0.1) is 11.6 Å². The van der Waals surface area contributed by atoms with E-state index in [2.05, 4.69) is 10.3 Å². The molecule has 2 aliphatic heterocycles. The quantitative estimate of drug-likeness (QED) is 0.227. The molecule has 3 heterocycles. The largest absolute Gasteiger partial charge is 0.417 e. The first-order chi connectivity index (χ1) is 19.4.